The van der Waals surface area contributed by atoms with Gasteiger partial charge in [0.05, 0.1) is 12.3 Å². The molecule has 0 spiro atoms. The van der Waals surface area contributed by atoms with Crippen LogP contribution in [0.15, 0.2) is 18.3 Å². The highest BCUT2D eigenvalue weighted by molar-refractivity contribution is 5.32. The normalized spacial score (nSPS) is 20.6. The van der Waals surface area contributed by atoms with Crippen molar-refractivity contribution in [1.82, 2.24) is 4.98 Å². The van der Waals surface area contributed by atoms with Crippen molar-refractivity contribution in [1.29, 1.82) is 0 Å². The van der Waals surface area contributed by atoms with E-state index in [1.165, 1.54) is 6.42 Å². The van der Waals surface area contributed by atoms with E-state index < -0.39 is 0 Å². The summed E-state index contributed by atoms with van der Waals surface area (Å²) in [7, 11) is 0. The van der Waals surface area contributed by atoms with Crippen molar-refractivity contribution in [3.63, 3.8) is 0 Å². The number of pyridine rings is 1. The second kappa shape index (κ2) is 3.84. The van der Waals surface area contributed by atoms with E-state index in [-0.39, 0.29) is 0 Å². The van der Waals surface area contributed by atoms with Crippen molar-refractivity contribution in [2.45, 2.75) is 39.5 Å². The molecule has 1 aliphatic heterocycles. The summed E-state index contributed by atoms with van der Waals surface area (Å²) in [4.78, 5) is 4.49. The maximum atomic E-state index is 5.63. The molecule has 1 atom stereocenters. The molecule has 2 heterocycles. The summed E-state index contributed by atoms with van der Waals surface area (Å²) in [5.41, 5.74) is 1.46. The molecule has 0 saturated carbocycles. The zero-order chi connectivity index (χ0) is 10.9. The molecule has 0 aromatic carbocycles. The second-order valence-electron chi connectivity index (χ2n) is 4.92. The highest BCUT2D eigenvalue weighted by atomic mass is 16.5. The van der Waals surface area contributed by atoms with Crippen LogP contribution in [0.5, 0.6) is 5.75 Å². The summed E-state index contributed by atoms with van der Waals surface area (Å²) in [5, 5.41) is 0. The van der Waals surface area contributed by atoms with Gasteiger partial charge in [-0.05, 0) is 24.0 Å². The average molecular weight is 205 g/mol. The molecular weight excluding hydrogens is 186 g/mol. The highest BCUT2D eigenvalue weighted by Crippen LogP contribution is 2.44. The number of hydrogen-bond acceptors (Lipinski definition) is 2. The minimum atomic E-state index is 0.312. The third-order valence-electron chi connectivity index (χ3n) is 3.65. The zero-order valence-corrected chi connectivity index (χ0v) is 9.79. The van der Waals surface area contributed by atoms with Gasteiger partial charge >= 0.3 is 0 Å². The molecule has 1 aliphatic rings. The fraction of sp³-hybridized carbons (Fsp3) is 0.615. The van der Waals surface area contributed by atoms with E-state index in [4.69, 9.17) is 4.74 Å². The van der Waals surface area contributed by atoms with E-state index >= 15 is 0 Å². The summed E-state index contributed by atoms with van der Waals surface area (Å²) in [5.74, 6) is 1.52. The van der Waals surface area contributed by atoms with Crippen LogP contribution in [0, 0.1) is 5.41 Å². The summed E-state index contributed by atoms with van der Waals surface area (Å²) in [6, 6.07) is 3.97. The van der Waals surface area contributed by atoms with Gasteiger partial charge in [0, 0.05) is 12.1 Å². The van der Waals surface area contributed by atoms with Crippen molar-refractivity contribution < 1.29 is 4.74 Å². The molecule has 0 saturated heterocycles. The minimum Gasteiger partial charge on any atom is -0.492 e. The monoisotopic (exact) mass is 205 g/mol. The number of ether oxygens (including phenoxy) is 1. The molecule has 15 heavy (non-hydrogen) atoms. The van der Waals surface area contributed by atoms with E-state index in [1.807, 2.05) is 18.3 Å². The largest absolute Gasteiger partial charge is 0.492 e. The van der Waals surface area contributed by atoms with Crippen molar-refractivity contribution in [2.24, 2.45) is 5.41 Å². The Morgan fingerprint density at radius 2 is 2.33 bits per heavy atom. The number of aromatic nitrogens is 1. The van der Waals surface area contributed by atoms with Gasteiger partial charge in [-0.25, -0.2) is 0 Å². The van der Waals surface area contributed by atoms with E-state index in [2.05, 4.69) is 25.8 Å². The van der Waals surface area contributed by atoms with Gasteiger partial charge in [-0.3, -0.25) is 4.98 Å². The molecule has 0 N–H and O–H groups in total. The Morgan fingerprint density at radius 3 is 3.07 bits per heavy atom. The zero-order valence-electron chi connectivity index (χ0n) is 9.79. The molecule has 0 amide bonds. The first kappa shape index (κ1) is 10.5. The average Bonchev–Trinajstić information content (AvgIpc) is 2.28. The number of nitrogens with zero attached hydrogens (tertiary/aromatic N) is 1. The molecule has 0 radical (unpaired) electrons. The molecule has 0 fully saturated rings. The molecule has 1 aromatic rings. The van der Waals surface area contributed by atoms with E-state index in [0.717, 1.165) is 24.5 Å². The van der Waals surface area contributed by atoms with Gasteiger partial charge in [0.1, 0.15) is 5.75 Å². The van der Waals surface area contributed by atoms with Gasteiger partial charge < -0.3 is 4.74 Å². The Morgan fingerprint density at radius 1 is 1.53 bits per heavy atom. The van der Waals surface area contributed by atoms with Gasteiger partial charge in [-0.15, -0.1) is 0 Å². The van der Waals surface area contributed by atoms with Crippen molar-refractivity contribution in [3.05, 3.63) is 24.0 Å². The Kier molecular flexibility index (Phi) is 2.68. The van der Waals surface area contributed by atoms with Gasteiger partial charge in [-0.1, -0.05) is 27.2 Å². The van der Waals surface area contributed by atoms with Crippen LogP contribution in [-0.4, -0.2) is 11.6 Å². The van der Waals surface area contributed by atoms with Crippen LogP contribution in [-0.2, 0) is 0 Å². The Labute approximate surface area is 91.7 Å². The maximum Gasteiger partial charge on any atom is 0.141 e. The molecular formula is C13H19NO. The lowest BCUT2D eigenvalue weighted by Crippen LogP contribution is -2.27. The maximum absolute atomic E-state index is 5.63. The third kappa shape index (κ3) is 1.85. The van der Waals surface area contributed by atoms with Crippen LogP contribution in [0.25, 0.3) is 0 Å². The third-order valence-corrected chi connectivity index (χ3v) is 3.65. The lowest BCUT2D eigenvalue weighted by molar-refractivity contribution is 0.181. The fourth-order valence-corrected chi connectivity index (χ4v) is 2.22. The van der Waals surface area contributed by atoms with Crippen LogP contribution >= 0.6 is 0 Å². The first-order valence-electron chi connectivity index (χ1n) is 5.73. The van der Waals surface area contributed by atoms with E-state index in [0.29, 0.717) is 11.3 Å². The predicted octanol–water partition coefficient (Wildman–Crippen LogP) is 3.38. The smallest absolute Gasteiger partial charge is 0.141 e. The van der Waals surface area contributed by atoms with Crippen LogP contribution in [0.4, 0.5) is 0 Å². The number of fused-ring (bicyclic) bond motifs is 1. The molecule has 0 bridgehead atoms. The van der Waals surface area contributed by atoms with Gasteiger partial charge in [0.15, 0.2) is 0 Å². The van der Waals surface area contributed by atoms with E-state index in [9.17, 15) is 0 Å². The lowest BCUT2D eigenvalue weighted by atomic mass is 9.72. The Hall–Kier alpha value is -1.05. The summed E-state index contributed by atoms with van der Waals surface area (Å²) in [6.45, 7) is 7.72. The van der Waals surface area contributed by atoms with Crippen LogP contribution in [0.3, 0.4) is 0 Å². The van der Waals surface area contributed by atoms with Crippen molar-refractivity contribution in [3.8, 4) is 5.75 Å². The van der Waals surface area contributed by atoms with Crippen LogP contribution in [0.1, 0.15) is 45.2 Å². The highest BCUT2D eigenvalue weighted by Gasteiger charge is 2.34. The van der Waals surface area contributed by atoms with Gasteiger partial charge in [-0.2, -0.15) is 0 Å². The number of hydrogen-bond donors (Lipinski definition) is 0. The number of rotatable bonds is 2. The van der Waals surface area contributed by atoms with Crippen LogP contribution < -0.4 is 4.74 Å². The molecule has 2 rings (SSSR count). The minimum absolute atomic E-state index is 0.312. The molecule has 2 nitrogen and oxygen atoms in total. The fourth-order valence-electron chi connectivity index (χ4n) is 2.22. The Bertz CT molecular complexity index is 346. The summed E-state index contributed by atoms with van der Waals surface area (Å²) >= 11 is 0. The predicted molar refractivity (Wildman–Crippen MR) is 61.2 cm³/mol. The molecule has 2 heteroatoms. The standard InChI is InChI=1S/C13H19NO/c1-4-13(2,3)10-7-9-15-11-6-5-8-14-12(10)11/h5-6,8,10H,4,7,9H2,1-3H3. The first-order chi connectivity index (χ1) is 7.15. The molecule has 82 valence electrons. The second-order valence-corrected chi connectivity index (χ2v) is 4.92. The van der Waals surface area contributed by atoms with Crippen molar-refractivity contribution in [2.75, 3.05) is 6.61 Å². The van der Waals surface area contributed by atoms with E-state index in [1.54, 1.807) is 0 Å². The molecule has 1 unspecified atom stereocenters. The van der Waals surface area contributed by atoms with Gasteiger partial charge in [0.2, 0.25) is 0 Å². The Balaban J connectivity index is 2.38. The van der Waals surface area contributed by atoms with Gasteiger partial charge in [0.25, 0.3) is 0 Å². The lowest BCUT2D eigenvalue weighted by Gasteiger charge is -2.36. The molecule has 0 aliphatic carbocycles. The first-order valence-corrected chi connectivity index (χ1v) is 5.73. The van der Waals surface area contributed by atoms with Crippen LogP contribution in [0.2, 0.25) is 0 Å². The summed E-state index contributed by atoms with van der Waals surface area (Å²) in [6.07, 6.45) is 4.13. The summed E-state index contributed by atoms with van der Waals surface area (Å²) < 4.78 is 5.63. The molecule has 1 aromatic heterocycles. The SMILES string of the molecule is CCC(C)(C)C1CCOc2cccnc21. The van der Waals surface area contributed by atoms with Crippen molar-refractivity contribution >= 4 is 0 Å². The quantitative estimate of drug-likeness (QED) is 0.738. The topological polar surface area (TPSA) is 22.1 Å².